The van der Waals surface area contributed by atoms with Crippen LogP contribution in [0.4, 0.5) is 0 Å². The van der Waals surface area contributed by atoms with Crippen molar-refractivity contribution in [2.45, 2.75) is 12.8 Å². The molecule has 0 nitrogen and oxygen atoms in total. The van der Waals surface area contributed by atoms with Crippen LogP contribution in [0.15, 0.2) is 15.9 Å². The summed E-state index contributed by atoms with van der Waals surface area (Å²) in [5, 5.41) is 2.06. The molecule has 0 amide bonds. The normalized spacial score (nSPS) is 15.7. The first kappa shape index (κ1) is 7.39. The van der Waals surface area contributed by atoms with Crippen molar-refractivity contribution in [2.75, 3.05) is 0 Å². The molecule has 0 aromatic carbocycles. The van der Waals surface area contributed by atoms with Gasteiger partial charge in [-0.25, -0.2) is 0 Å². The average Bonchev–Trinajstić information content (AvgIpc) is 2.73. The third-order valence-corrected chi connectivity index (χ3v) is 3.34. The molecule has 1 saturated carbocycles. The molecule has 0 bridgehead atoms. The Balaban J connectivity index is 2.17. The molecule has 56 valence electrons. The van der Waals surface area contributed by atoms with Crippen LogP contribution < -0.4 is 0 Å². The summed E-state index contributed by atoms with van der Waals surface area (Å²) in [4.78, 5) is 1.16. The van der Waals surface area contributed by atoms with Crippen molar-refractivity contribution in [3.8, 4) is 11.8 Å². The Morgan fingerprint density at radius 2 is 2.36 bits per heavy atom. The zero-order valence-electron chi connectivity index (χ0n) is 5.93. The Morgan fingerprint density at radius 3 is 2.91 bits per heavy atom. The summed E-state index contributed by atoms with van der Waals surface area (Å²) in [5.41, 5.74) is 0. The van der Waals surface area contributed by atoms with E-state index < -0.39 is 0 Å². The van der Waals surface area contributed by atoms with Crippen LogP contribution in [-0.4, -0.2) is 0 Å². The molecular formula is C9H7BrS. The van der Waals surface area contributed by atoms with Gasteiger partial charge in [-0.15, -0.1) is 11.3 Å². The zero-order valence-corrected chi connectivity index (χ0v) is 8.33. The van der Waals surface area contributed by atoms with Crippen LogP contribution >= 0.6 is 27.3 Å². The highest BCUT2D eigenvalue weighted by molar-refractivity contribution is 9.10. The first-order chi connectivity index (χ1) is 5.36. The van der Waals surface area contributed by atoms with E-state index in [1.165, 1.54) is 12.8 Å². The summed E-state index contributed by atoms with van der Waals surface area (Å²) in [5.74, 6) is 7.10. The molecule has 0 radical (unpaired) electrons. The summed E-state index contributed by atoms with van der Waals surface area (Å²) in [7, 11) is 0. The lowest BCUT2D eigenvalue weighted by atomic mass is 10.4. The molecule has 1 aliphatic carbocycles. The summed E-state index contributed by atoms with van der Waals surface area (Å²) < 4.78 is 1.13. The molecule has 0 aliphatic heterocycles. The monoisotopic (exact) mass is 226 g/mol. The molecule has 1 heterocycles. The van der Waals surface area contributed by atoms with Crippen LogP contribution in [0.5, 0.6) is 0 Å². The van der Waals surface area contributed by atoms with E-state index in [1.54, 1.807) is 11.3 Å². The predicted molar refractivity (Wildman–Crippen MR) is 51.6 cm³/mol. The van der Waals surface area contributed by atoms with E-state index in [0.717, 1.165) is 9.35 Å². The first-order valence-electron chi connectivity index (χ1n) is 3.61. The van der Waals surface area contributed by atoms with Crippen molar-refractivity contribution < 1.29 is 0 Å². The maximum absolute atomic E-state index is 3.44. The minimum atomic E-state index is 0.698. The molecule has 1 aliphatic rings. The Labute approximate surface area is 78.8 Å². The van der Waals surface area contributed by atoms with E-state index in [0.29, 0.717) is 5.92 Å². The third-order valence-electron chi connectivity index (χ3n) is 1.58. The van der Waals surface area contributed by atoms with Gasteiger partial charge in [0.2, 0.25) is 0 Å². The van der Waals surface area contributed by atoms with Crippen LogP contribution in [0, 0.1) is 17.8 Å². The number of rotatable bonds is 0. The minimum absolute atomic E-state index is 0.698. The molecular weight excluding hydrogens is 220 g/mol. The molecule has 11 heavy (non-hydrogen) atoms. The van der Waals surface area contributed by atoms with Crippen molar-refractivity contribution in [3.63, 3.8) is 0 Å². The van der Waals surface area contributed by atoms with Gasteiger partial charge in [0.05, 0.1) is 4.88 Å². The number of hydrogen-bond donors (Lipinski definition) is 0. The smallest absolute Gasteiger partial charge is 0.0910 e. The van der Waals surface area contributed by atoms with Crippen LogP contribution in [0.25, 0.3) is 0 Å². The molecule has 2 heteroatoms. The van der Waals surface area contributed by atoms with E-state index in [-0.39, 0.29) is 0 Å². The Kier molecular flexibility index (Phi) is 2.02. The van der Waals surface area contributed by atoms with Gasteiger partial charge in [0.15, 0.2) is 0 Å². The second kappa shape index (κ2) is 3.00. The average molecular weight is 227 g/mol. The van der Waals surface area contributed by atoms with E-state index >= 15 is 0 Å². The fourth-order valence-electron chi connectivity index (χ4n) is 0.778. The van der Waals surface area contributed by atoms with Gasteiger partial charge >= 0.3 is 0 Å². The summed E-state index contributed by atoms with van der Waals surface area (Å²) in [6, 6.07) is 2.04. The van der Waals surface area contributed by atoms with Crippen LogP contribution in [-0.2, 0) is 0 Å². The van der Waals surface area contributed by atoms with E-state index in [1.807, 2.05) is 6.07 Å². The summed E-state index contributed by atoms with van der Waals surface area (Å²) in [6.45, 7) is 0. The third kappa shape index (κ3) is 1.85. The molecule has 0 unspecified atom stereocenters. The number of thiophene rings is 1. The standard InChI is InChI=1S/C9H7BrS/c10-8-5-6-11-9(8)4-3-7-1-2-7/h5-7H,1-2H2. The maximum Gasteiger partial charge on any atom is 0.0910 e. The highest BCUT2D eigenvalue weighted by Crippen LogP contribution is 2.28. The van der Waals surface area contributed by atoms with Crippen molar-refractivity contribution >= 4 is 27.3 Å². The molecule has 0 saturated heterocycles. The fraction of sp³-hybridized carbons (Fsp3) is 0.333. The molecule has 1 aromatic rings. The van der Waals surface area contributed by atoms with Gasteiger partial charge in [0, 0.05) is 10.4 Å². The van der Waals surface area contributed by atoms with Crippen LogP contribution in [0.3, 0.4) is 0 Å². The van der Waals surface area contributed by atoms with Crippen molar-refractivity contribution in [1.29, 1.82) is 0 Å². The lowest BCUT2D eigenvalue weighted by Crippen LogP contribution is -1.66. The largest absolute Gasteiger partial charge is 0.134 e. The quantitative estimate of drug-likeness (QED) is 0.596. The van der Waals surface area contributed by atoms with Gasteiger partial charge in [0.25, 0.3) is 0 Å². The van der Waals surface area contributed by atoms with Crippen LogP contribution in [0.1, 0.15) is 17.7 Å². The fourth-order valence-corrected chi connectivity index (χ4v) is 2.10. The summed E-state index contributed by atoms with van der Waals surface area (Å²) >= 11 is 5.14. The lowest BCUT2D eigenvalue weighted by molar-refractivity contribution is 1.18. The van der Waals surface area contributed by atoms with E-state index in [2.05, 4.69) is 33.2 Å². The summed E-state index contributed by atoms with van der Waals surface area (Å²) in [6.07, 6.45) is 2.60. The van der Waals surface area contributed by atoms with E-state index in [4.69, 9.17) is 0 Å². The Morgan fingerprint density at radius 1 is 1.55 bits per heavy atom. The molecule has 2 rings (SSSR count). The lowest BCUT2D eigenvalue weighted by Gasteiger charge is -1.80. The van der Waals surface area contributed by atoms with Gasteiger partial charge in [-0.1, -0.05) is 11.8 Å². The highest BCUT2D eigenvalue weighted by atomic mass is 79.9. The minimum Gasteiger partial charge on any atom is -0.134 e. The van der Waals surface area contributed by atoms with Crippen molar-refractivity contribution in [2.24, 2.45) is 5.92 Å². The second-order valence-corrected chi connectivity index (χ2v) is 4.41. The van der Waals surface area contributed by atoms with Gasteiger partial charge in [-0.05, 0) is 40.2 Å². The predicted octanol–water partition coefficient (Wildman–Crippen LogP) is 3.27. The molecule has 0 spiro atoms. The second-order valence-electron chi connectivity index (χ2n) is 2.64. The van der Waals surface area contributed by atoms with Gasteiger partial charge < -0.3 is 0 Å². The zero-order chi connectivity index (χ0) is 7.68. The molecule has 0 atom stereocenters. The SMILES string of the molecule is Brc1ccsc1C#CC1CC1. The van der Waals surface area contributed by atoms with Gasteiger partial charge in [-0.3, -0.25) is 0 Å². The number of hydrogen-bond acceptors (Lipinski definition) is 1. The van der Waals surface area contributed by atoms with Crippen molar-refractivity contribution in [1.82, 2.24) is 0 Å². The Hall–Kier alpha value is -0.260. The molecule has 1 fully saturated rings. The molecule has 1 aromatic heterocycles. The first-order valence-corrected chi connectivity index (χ1v) is 5.28. The van der Waals surface area contributed by atoms with Gasteiger partial charge in [-0.2, -0.15) is 0 Å². The van der Waals surface area contributed by atoms with Gasteiger partial charge in [0.1, 0.15) is 0 Å². The topological polar surface area (TPSA) is 0 Å². The Bertz CT molecular complexity index is 312. The van der Waals surface area contributed by atoms with E-state index in [9.17, 15) is 0 Å². The number of halogens is 1. The van der Waals surface area contributed by atoms with Crippen LogP contribution in [0.2, 0.25) is 0 Å². The highest BCUT2D eigenvalue weighted by Gasteiger charge is 2.17. The maximum atomic E-state index is 3.44. The molecule has 0 N–H and O–H groups in total. The van der Waals surface area contributed by atoms with Crippen molar-refractivity contribution in [3.05, 3.63) is 20.8 Å².